The smallest absolute Gasteiger partial charge is 0.0565 e. The van der Waals surface area contributed by atoms with Crippen molar-refractivity contribution in [2.75, 3.05) is 6.54 Å². The Morgan fingerprint density at radius 2 is 1.85 bits per heavy atom. The Hall–Kier alpha value is 0.200. The molecular weight excluding hydrogens is 362 g/mol. The van der Waals surface area contributed by atoms with Crippen LogP contribution in [0.2, 0.25) is 0 Å². The minimum atomic E-state index is 0.881. The van der Waals surface area contributed by atoms with Gasteiger partial charge in [-0.05, 0) is 44.0 Å². The molecule has 13 heavy (non-hydrogen) atoms. The highest BCUT2D eigenvalue weighted by Gasteiger charge is 2.21. The lowest BCUT2D eigenvalue weighted by Gasteiger charge is -2.29. The third-order valence-corrected chi connectivity index (χ3v) is 5.29. The second-order valence-corrected chi connectivity index (χ2v) is 5.29. The van der Waals surface area contributed by atoms with E-state index in [0.717, 1.165) is 20.0 Å². The Morgan fingerprint density at radius 1 is 1.08 bits per heavy atom. The Kier molecular flexibility index (Phi) is 2.81. The van der Waals surface area contributed by atoms with Gasteiger partial charge in [0.1, 0.15) is 0 Å². The highest BCUT2D eigenvalue weighted by molar-refractivity contribution is 9.16. The summed E-state index contributed by atoms with van der Waals surface area (Å²) in [4.78, 5) is 2.18. The average molecular weight is 368 g/mol. The van der Waals surface area contributed by atoms with Crippen LogP contribution in [-0.2, 0) is 0 Å². The van der Waals surface area contributed by atoms with Crippen molar-refractivity contribution in [2.24, 2.45) is 0 Å². The molecule has 68 valence electrons. The third kappa shape index (κ3) is 1.72. The van der Waals surface area contributed by atoms with Gasteiger partial charge in [-0.15, -0.1) is 0 Å². The Bertz CT molecular complexity index is 363. The summed E-state index contributed by atoms with van der Waals surface area (Å²) < 4.78 is 3.34. The third-order valence-electron chi connectivity index (χ3n) is 1.91. The van der Waals surface area contributed by atoms with E-state index in [4.69, 9.17) is 0 Å². The van der Waals surface area contributed by atoms with Crippen molar-refractivity contribution >= 4 is 47.8 Å². The SMILES string of the molecule is BrC1=C(Br)C(Br)=C2C=CC=CN2C1. The van der Waals surface area contributed by atoms with Crippen molar-refractivity contribution < 1.29 is 0 Å². The van der Waals surface area contributed by atoms with Gasteiger partial charge in [-0.25, -0.2) is 0 Å². The van der Waals surface area contributed by atoms with E-state index in [0.29, 0.717) is 0 Å². The topological polar surface area (TPSA) is 3.24 Å². The quantitative estimate of drug-likeness (QED) is 0.625. The van der Waals surface area contributed by atoms with Gasteiger partial charge in [0.25, 0.3) is 0 Å². The van der Waals surface area contributed by atoms with Crippen molar-refractivity contribution in [1.29, 1.82) is 0 Å². The summed E-state index contributed by atoms with van der Waals surface area (Å²) >= 11 is 10.6. The number of halogens is 3. The lowest BCUT2D eigenvalue weighted by molar-refractivity contribution is 0.519. The van der Waals surface area contributed by atoms with Crippen LogP contribution in [0.15, 0.2) is 43.6 Å². The van der Waals surface area contributed by atoms with Gasteiger partial charge in [0.05, 0.1) is 16.7 Å². The zero-order chi connectivity index (χ0) is 9.42. The maximum Gasteiger partial charge on any atom is 0.0565 e. The molecule has 2 heterocycles. The predicted molar refractivity (Wildman–Crippen MR) is 65.8 cm³/mol. The summed E-state index contributed by atoms with van der Waals surface area (Å²) in [6.45, 7) is 0.881. The molecule has 0 aromatic carbocycles. The summed E-state index contributed by atoms with van der Waals surface area (Å²) in [5, 5.41) is 0. The van der Waals surface area contributed by atoms with Crippen LogP contribution >= 0.6 is 47.8 Å². The molecule has 0 aromatic rings. The van der Waals surface area contributed by atoms with E-state index in [2.05, 4.69) is 65.0 Å². The van der Waals surface area contributed by atoms with Crippen LogP contribution in [0.25, 0.3) is 0 Å². The summed E-state index contributed by atoms with van der Waals surface area (Å²) in [6, 6.07) is 0. The number of nitrogens with zero attached hydrogens (tertiary/aromatic N) is 1. The molecule has 0 atom stereocenters. The summed E-state index contributed by atoms with van der Waals surface area (Å²) in [7, 11) is 0. The van der Waals surface area contributed by atoms with E-state index < -0.39 is 0 Å². The van der Waals surface area contributed by atoms with Crippen molar-refractivity contribution in [2.45, 2.75) is 0 Å². The van der Waals surface area contributed by atoms with E-state index in [9.17, 15) is 0 Å². The molecular formula is C9H6Br3N. The van der Waals surface area contributed by atoms with Gasteiger partial charge in [-0.1, -0.05) is 22.0 Å². The fourth-order valence-corrected chi connectivity index (χ4v) is 2.93. The van der Waals surface area contributed by atoms with Gasteiger partial charge in [0.2, 0.25) is 0 Å². The first-order valence-corrected chi connectivity index (χ1v) is 6.14. The van der Waals surface area contributed by atoms with Gasteiger partial charge in [0.15, 0.2) is 0 Å². The molecule has 1 nitrogen and oxygen atoms in total. The van der Waals surface area contributed by atoms with Crippen molar-refractivity contribution in [3.8, 4) is 0 Å². The van der Waals surface area contributed by atoms with Gasteiger partial charge < -0.3 is 4.90 Å². The Labute approximate surface area is 102 Å². The molecule has 0 radical (unpaired) electrons. The molecule has 2 aliphatic rings. The van der Waals surface area contributed by atoms with E-state index in [1.807, 2.05) is 12.2 Å². The predicted octanol–water partition coefficient (Wildman–Crippen LogP) is 3.99. The zero-order valence-electron chi connectivity index (χ0n) is 6.60. The molecule has 0 amide bonds. The number of hydrogen-bond donors (Lipinski definition) is 0. The monoisotopic (exact) mass is 365 g/mol. The van der Waals surface area contributed by atoms with Gasteiger partial charge >= 0.3 is 0 Å². The lowest BCUT2D eigenvalue weighted by atomic mass is 10.2. The minimum Gasteiger partial charge on any atom is -0.342 e. The second-order valence-electron chi connectivity index (χ2n) is 2.75. The maximum absolute atomic E-state index is 3.55. The largest absolute Gasteiger partial charge is 0.342 e. The van der Waals surface area contributed by atoms with Crippen LogP contribution in [-0.4, -0.2) is 11.4 Å². The molecule has 0 N–H and O–H groups in total. The first kappa shape index (κ1) is 9.74. The molecule has 2 rings (SSSR count). The zero-order valence-corrected chi connectivity index (χ0v) is 11.4. The van der Waals surface area contributed by atoms with E-state index >= 15 is 0 Å². The normalized spacial score (nSPS) is 21.3. The van der Waals surface area contributed by atoms with Crippen molar-refractivity contribution in [1.82, 2.24) is 4.90 Å². The lowest BCUT2D eigenvalue weighted by Crippen LogP contribution is -2.23. The van der Waals surface area contributed by atoms with Crippen LogP contribution in [0.4, 0.5) is 0 Å². The molecule has 0 saturated heterocycles. The molecule has 0 bridgehead atoms. The van der Waals surface area contributed by atoms with E-state index in [1.165, 1.54) is 5.70 Å². The molecule has 4 heteroatoms. The number of allylic oxidation sites excluding steroid dienone is 5. The fourth-order valence-electron chi connectivity index (χ4n) is 1.26. The molecule has 0 aromatic heterocycles. The standard InChI is InChI=1S/C9H6Br3N/c10-6-5-13-4-2-1-3-7(13)9(12)8(6)11/h1-4H,5H2. The summed E-state index contributed by atoms with van der Waals surface area (Å²) in [5.41, 5.74) is 1.19. The molecule has 2 aliphatic heterocycles. The van der Waals surface area contributed by atoms with Crippen LogP contribution in [0.1, 0.15) is 0 Å². The molecule has 0 spiro atoms. The van der Waals surface area contributed by atoms with Crippen molar-refractivity contribution in [3.05, 3.63) is 43.6 Å². The Balaban J connectivity index is 2.50. The first-order chi connectivity index (χ1) is 6.20. The molecule has 0 aliphatic carbocycles. The van der Waals surface area contributed by atoms with Crippen LogP contribution < -0.4 is 0 Å². The fraction of sp³-hybridized carbons (Fsp3) is 0.111. The number of fused-ring (bicyclic) bond motifs is 1. The van der Waals surface area contributed by atoms with Gasteiger partial charge in [-0.3, -0.25) is 0 Å². The first-order valence-electron chi connectivity index (χ1n) is 3.76. The number of rotatable bonds is 0. The highest BCUT2D eigenvalue weighted by atomic mass is 79.9. The average Bonchev–Trinajstić information content (AvgIpc) is 2.15. The highest BCUT2D eigenvalue weighted by Crippen LogP contribution is 2.38. The number of hydrogen-bond acceptors (Lipinski definition) is 1. The summed E-state index contributed by atoms with van der Waals surface area (Å²) in [5.74, 6) is 0. The van der Waals surface area contributed by atoms with Crippen LogP contribution in [0, 0.1) is 0 Å². The molecule has 0 fully saturated rings. The van der Waals surface area contributed by atoms with Gasteiger partial charge in [-0.2, -0.15) is 0 Å². The Morgan fingerprint density at radius 3 is 2.62 bits per heavy atom. The second kappa shape index (κ2) is 3.75. The molecule has 0 saturated carbocycles. The van der Waals surface area contributed by atoms with Crippen LogP contribution in [0.5, 0.6) is 0 Å². The van der Waals surface area contributed by atoms with Gasteiger partial charge in [0, 0.05) is 15.2 Å². The summed E-state index contributed by atoms with van der Waals surface area (Å²) in [6.07, 6.45) is 8.22. The van der Waals surface area contributed by atoms with Crippen molar-refractivity contribution in [3.63, 3.8) is 0 Å². The van der Waals surface area contributed by atoms with E-state index in [1.54, 1.807) is 0 Å². The van der Waals surface area contributed by atoms with E-state index in [-0.39, 0.29) is 0 Å². The van der Waals surface area contributed by atoms with Crippen LogP contribution in [0.3, 0.4) is 0 Å². The maximum atomic E-state index is 3.55. The molecule has 0 unspecified atom stereocenters. The minimum absolute atomic E-state index is 0.881.